The number of amides is 1. The third-order valence-corrected chi connectivity index (χ3v) is 3.89. The van der Waals surface area contributed by atoms with Crippen molar-refractivity contribution in [3.05, 3.63) is 23.5 Å². The minimum absolute atomic E-state index is 0.0578. The number of benzene rings is 1. The van der Waals surface area contributed by atoms with Crippen molar-refractivity contribution in [3.63, 3.8) is 0 Å². The first-order chi connectivity index (χ1) is 10.3. The molecule has 0 aliphatic rings. The summed E-state index contributed by atoms with van der Waals surface area (Å²) in [5.74, 6) is 0.00542. The smallest absolute Gasteiger partial charge is 0.237 e. The predicted octanol–water partition coefficient (Wildman–Crippen LogP) is 2.39. The van der Waals surface area contributed by atoms with Crippen LogP contribution >= 0.6 is 0 Å². The summed E-state index contributed by atoms with van der Waals surface area (Å²) in [4.78, 5) is 12.1. The van der Waals surface area contributed by atoms with Gasteiger partial charge in [0.2, 0.25) is 5.91 Å². The first-order valence-corrected chi connectivity index (χ1v) is 7.33. The van der Waals surface area contributed by atoms with E-state index in [2.05, 4.69) is 5.32 Å². The Bertz CT molecular complexity index is 522. The van der Waals surface area contributed by atoms with Gasteiger partial charge in [-0.3, -0.25) is 4.79 Å². The van der Waals surface area contributed by atoms with Crippen LogP contribution in [0.2, 0.25) is 0 Å². The molecule has 3 unspecified atom stereocenters. The Balaban J connectivity index is 2.94. The van der Waals surface area contributed by atoms with Crippen molar-refractivity contribution >= 4 is 5.91 Å². The number of methoxy groups -OCH3 is 2. The van der Waals surface area contributed by atoms with Gasteiger partial charge in [-0.2, -0.15) is 0 Å². The highest BCUT2D eigenvalue weighted by Gasteiger charge is 2.23. The molecule has 0 radical (unpaired) electrons. The fraction of sp³-hybridized carbons (Fsp3) is 0.562. The van der Waals surface area contributed by atoms with Crippen LogP contribution in [0.5, 0.6) is 11.5 Å². The highest BCUT2D eigenvalue weighted by atomic mass is 19.1. The van der Waals surface area contributed by atoms with Crippen LogP contribution in [0.4, 0.5) is 4.39 Å². The van der Waals surface area contributed by atoms with Gasteiger partial charge in [0.25, 0.3) is 0 Å². The van der Waals surface area contributed by atoms with E-state index in [1.165, 1.54) is 26.4 Å². The zero-order chi connectivity index (χ0) is 16.9. The lowest BCUT2D eigenvalue weighted by molar-refractivity contribution is -0.124. The van der Waals surface area contributed by atoms with Crippen molar-refractivity contribution in [2.45, 2.75) is 39.3 Å². The van der Waals surface area contributed by atoms with Gasteiger partial charge in [0.1, 0.15) is 5.82 Å². The van der Waals surface area contributed by atoms with E-state index >= 15 is 0 Å². The molecule has 3 N–H and O–H groups in total. The summed E-state index contributed by atoms with van der Waals surface area (Å²) in [6.45, 7) is 5.58. The lowest BCUT2D eigenvalue weighted by Crippen LogP contribution is -2.45. The van der Waals surface area contributed by atoms with Gasteiger partial charge in [-0.05, 0) is 18.9 Å². The second kappa shape index (κ2) is 7.98. The molecule has 5 nitrogen and oxygen atoms in total. The molecule has 0 bridgehead atoms. The Labute approximate surface area is 131 Å². The van der Waals surface area contributed by atoms with Crippen LogP contribution in [0.1, 0.15) is 38.8 Å². The molecule has 0 saturated heterocycles. The Kier molecular flexibility index (Phi) is 6.61. The maximum Gasteiger partial charge on any atom is 0.237 e. The van der Waals surface area contributed by atoms with Crippen LogP contribution in [-0.2, 0) is 4.79 Å². The minimum Gasteiger partial charge on any atom is -0.493 e. The van der Waals surface area contributed by atoms with Gasteiger partial charge in [0.05, 0.1) is 26.3 Å². The van der Waals surface area contributed by atoms with E-state index in [0.717, 1.165) is 6.42 Å². The molecule has 1 aromatic carbocycles. The Morgan fingerprint density at radius 3 is 2.32 bits per heavy atom. The lowest BCUT2D eigenvalue weighted by Gasteiger charge is -2.22. The van der Waals surface area contributed by atoms with E-state index in [4.69, 9.17) is 15.2 Å². The number of carbonyl (C=O) groups excluding carboxylic acids is 1. The molecule has 0 aromatic heterocycles. The maximum atomic E-state index is 14.2. The second-order valence-electron chi connectivity index (χ2n) is 5.37. The summed E-state index contributed by atoms with van der Waals surface area (Å²) >= 11 is 0. The lowest BCUT2D eigenvalue weighted by atomic mass is 9.98. The molecular formula is C16H25FN2O3. The van der Waals surface area contributed by atoms with Crippen LogP contribution in [0.25, 0.3) is 0 Å². The Morgan fingerprint density at radius 1 is 1.27 bits per heavy atom. The van der Waals surface area contributed by atoms with Gasteiger partial charge in [-0.25, -0.2) is 4.39 Å². The van der Waals surface area contributed by atoms with Crippen molar-refractivity contribution in [2.75, 3.05) is 14.2 Å². The SMILES string of the molecule is CCC(C)C(N)C(=O)NC(C)c1cc(OC)c(OC)cc1F. The highest BCUT2D eigenvalue weighted by Crippen LogP contribution is 2.32. The molecular weight excluding hydrogens is 287 g/mol. The zero-order valence-corrected chi connectivity index (χ0v) is 13.8. The van der Waals surface area contributed by atoms with Gasteiger partial charge in [-0.1, -0.05) is 20.3 Å². The average molecular weight is 312 g/mol. The molecule has 0 spiro atoms. The average Bonchev–Trinajstić information content (AvgIpc) is 2.52. The van der Waals surface area contributed by atoms with Crippen molar-refractivity contribution in [1.29, 1.82) is 0 Å². The molecule has 1 aromatic rings. The number of nitrogens with two attached hydrogens (primary N) is 1. The van der Waals surface area contributed by atoms with E-state index in [-0.39, 0.29) is 11.8 Å². The van der Waals surface area contributed by atoms with Crippen LogP contribution in [-0.4, -0.2) is 26.2 Å². The van der Waals surface area contributed by atoms with Crippen LogP contribution in [0.3, 0.4) is 0 Å². The van der Waals surface area contributed by atoms with Gasteiger partial charge in [0, 0.05) is 11.6 Å². The molecule has 0 aliphatic heterocycles. The summed E-state index contributed by atoms with van der Waals surface area (Å²) in [6.07, 6.45) is 0.799. The van der Waals surface area contributed by atoms with Crippen molar-refractivity contribution in [1.82, 2.24) is 5.32 Å². The first-order valence-electron chi connectivity index (χ1n) is 7.33. The fourth-order valence-corrected chi connectivity index (χ4v) is 2.10. The largest absolute Gasteiger partial charge is 0.493 e. The minimum atomic E-state index is -0.615. The molecule has 1 rings (SSSR count). The summed E-state index contributed by atoms with van der Waals surface area (Å²) in [6, 6.07) is 1.62. The molecule has 0 aliphatic carbocycles. The van der Waals surface area contributed by atoms with E-state index in [1.807, 2.05) is 13.8 Å². The predicted molar refractivity (Wildman–Crippen MR) is 83.5 cm³/mol. The normalized spacial score (nSPS) is 14.9. The number of hydrogen-bond donors (Lipinski definition) is 2. The summed E-state index contributed by atoms with van der Waals surface area (Å²) in [5.41, 5.74) is 6.21. The van der Waals surface area contributed by atoms with Crippen LogP contribution in [0.15, 0.2) is 12.1 Å². The van der Waals surface area contributed by atoms with Crippen molar-refractivity contribution in [3.8, 4) is 11.5 Å². The molecule has 0 saturated carbocycles. The molecule has 6 heteroatoms. The second-order valence-corrected chi connectivity index (χ2v) is 5.37. The molecule has 0 fully saturated rings. The number of carbonyl (C=O) groups is 1. The summed E-state index contributed by atoms with van der Waals surface area (Å²) in [7, 11) is 2.91. The van der Waals surface area contributed by atoms with E-state index in [0.29, 0.717) is 17.1 Å². The quantitative estimate of drug-likeness (QED) is 0.811. The number of ether oxygens (including phenoxy) is 2. The Hall–Kier alpha value is -1.82. The maximum absolute atomic E-state index is 14.2. The van der Waals surface area contributed by atoms with Gasteiger partial charge in [0.15, 0.2) is 11.5 Å². The van der Waals surface area contributed by atoms with Crippen molar-refractivity contribution in [2.24, 2.45) is 11.7 Å². The van der Waals surface area contributed by atoms with Crippen LogP contribution in [0, 0.1) is 11.7 Å². The third-order valence-electron chi connectivity index (χ3n) is 3.89. The van der Waals surface area contributed by atoms with Gasteiger partial charge in [-0.15, -0.1) is 0 Å². The van der Waals surface area contributed by atoms with Crippen LogP contribution < -0.4 is 20.5 Å². The molecule has 3 atom stereocenters. The molecule has 0 heterocycles. The molecule has 22 heavy (non-hydrogen) atoms. The Morgan fingerprint density at radius 2 is 1.82 bits per heavy atom. The van der Waals surface area contributed by atoms with Gasteiger partial charge >= 0.3 is 0 Å². The number of nitrogens with one attached hydrogen (secondary N) is 1. The highest BCUT2D eigenvalue weighted by molar-refractivity contribution is 5.82. The van der Waals surface area contributed by atoms with E-state index in [1.54, 1.807) is 6.92 Å². The monoisotopic (exact) mass is 312 g/mol. The fourth-order valence-electron chi connectivity index (χ4n) is 2.10. The van der Waals surface area contributed by atoms with E-state index in [9.17, 15) is 9.18 Å². The number of halogens is 1. The van der Waals surface area contributed by atoms with Crippen molar-refractivity contribution < 1.29 is 18.7 Å². The van der Waals surface area contributed by atoms with E-state index < -0.39 is 17.9 Å². The van der Waals surface area contributed by atoms with Gasteiger partial charge < -0.3 is 20.5 Å². The summed E-state index contributed by atoms with van der Waals surface area (Å²) < 4.78 is 24.4. The number of hydrogen-bond acceptors (Lipinski definition) is 4. The third kappa shape index (κ3) is 4.10. The summed E-state index contributed by atoms with van der Waals surface area (Å²) in [5, 5.41) is 2.74. The topological polar surface area (TPSA) is 73.6 Å². The zero-order valence-electron chi connectivity index (χ0n) is 13.8. The first kappa shape index (κ1) is 18.2. The molecule has 1 amide bonds. The number of rotatable bonds is 7. The standard InChI is InChI=1S/C16H25FN2O3/c1-6-9(2)15(18)16(20)19-10(3)11-7-13(21-4)14(22-5)8-12(11)17/h7-10,15H,6,18H2,1-5H3,(H,19,20). The molecule has 124 valence electrons.